The number of hydrogen-bond donors (Lipinski definition) is 2. The first-order chi connectivity index (χ1) is 8.52. The van der Waals surface area contributed by atoms with Crippen molar-refractivity contribution in [3.05, 3.63) is 29.3 Å². The van der Waals surface area contributed by atoms with Crippen molar-refractivity contribution in [1.29, 1.82) is 0 Å². The summed E-state index contributed by atoms with van der Waals surface area (Å²) in [6, 6.07) is 4.10. The molecule has 0 amide bonds. The number of nitrogens with one attached hydrogen (secondary N) is 2. The highest BCUT2D eigenvalue weighted by molar-refractivity contribution is 5.40. The Hall–Kier alpha value is -1.27. The predicted molar refractivity (Wildman–Crippen MR) is 61.6 cm³/mol. The lowest BCUT2D eigenvalue weighted by atomic mass is 10.0. The number of methoxy groups -OCH3 is 1. The molecule has 0 radical (unpaired) electrons. The van der Waals surface area contributed by atoms with Crippen LogP contribution in [0.4, 0.5) is 13.2 Å². The Labute approximate surface area is 103 Å². The van der Waals surface area contributed by atoms with Gasteiger partial charge in [0, 0.05) is 25.7 Å². The number of halogens is 3. The number of alkyl halides is 3. The molecule has 3 nitrogen and oxygen atoms in total. The first-order valence-corrected chi connectivity index (χ1v) is 5.71. The molecule has 100 valence electrons. The maximum absolute atomic E-state index is 12.9. The third-order valence-electron chi connectivity index (χ3n) is 2.97. The summed E-state index contributed by atoms with van der Waals surface area (Å²) in [4.78, 5) is 0. The number of rotatable bonds is 2. The van der Waals surface area contributed by atoms with Crippen molar-refractivity contribution in [2.75, 3.05) is 26.7 Å². The Morgan fingerprint density at radius 1 is 1.28 bits per heavy atom. The molecule has 1 unspecified atom stereocenters. The van der Waals surface area contributed by atoms with Crippen molar-refractivity contribution < 1.29 is 17.9 Å². The van der Waals surface area contributed by atoms with Crippen LogP contribution in [0.3, 0.4) is 0 Å². The molecule has 1 fully saturated rings. The zero-order chi connectivity index (χ0) is 13.2. The van der Waals surface area contributed by atoms with E-state index in [0.717, 1.165) is 19.2 Å². The summed E-state index contributed by atoms with van der Waals surface area (Å²) in [5.74, 6) is -0.144. The van der Waals surface area contributed by atoms with Gasteiger partial charge in [-0.15, -0.1) is 0 Å². The van der Waals surface area contributed by atoms with Gasteiger partial charge in [0.15, 0.2) is 0 Å². The van der Waals surface area contributed by atoms with Crippen LogP contribution < -0.4 is 15.4 Å². The summed E-state index contributed by atoms with van der Waals surface area (Å²) >= 11 is 0. The second-order valence-electron chi connectivity index (χ2n) is 4.17. The molecule has 0 spiro atoms. The number of benzene rings is 1. The van der Waals surface area contributed by atoms with Crippen LogP contribution in [0.25, 0.3) is 0 Å². The second kappa shape index (κ2) is 5.16. The van der Waals surface area contributed by atoms with Crippen molar-refractivity contribution in [3.63, 3.8) is 0 Å². The van der Waals surface area contributed by atoms with Crippen LogP contribution >= 0.6 is 0 Å². The van der Waals surface area contributed by atoms with Crippen molar-refractivity contribution in [2.45, 2.75) is 12.2 Å². The minimum absolute atomic E-state index is 0.0919. The smallest absolute Gasteiger partial charge is 0.419 e. The zero-order valence-electron chi connectivity index (χ0n) is 9.97. The normalized spacial score (nSPS) is 20.8. The Morgan fingerprint density at radius 3 is 2.61 bits per heavy atom. The molecule has 1 aliphatic rings. The van der Waals surface area contributed by atoms with Crippen molar-refractivity contribution in [1.82, 2.24) is 10.6 Å². The van der Waals surface area contributed by atoms with Crippen molar-refractivity contribution in [3.8, 4) is 5.75 Å². The van der Waals surface area contributed by atoms with E-state index in [1.54, 1.807) is 6.07 Å². The molecular weight excluding hydrogens is 245 g/mol. The lowest BCUT2D eigenvalue weighted by Crippen LogP contribution is -2.42. The van der Waals surface area contributed by atoms with Gasteiger partial charge >= 0.3 is 6.18 Å². The Balaban J connectivity index is 2.33. The minimum atomic E-state index is -4.40. The van der Waals surface area contributed by atoms with Crippen LogP contribution in [0.5, 0.6) is 5.75 Å². The number of hydrogen-bond acceptors (Lipinski definition) is 3. The molecule has 0 aliphatic carbocycles. The first-order valence-electron chi connectivity index (χ1n) is 5.71. The van der Waals surface area contributed by atoms with E-state index >= 15 is 0 Å². The Kier molecular flexibility index (Phi) is 3.77. The quantitative estimate of drug-likeness (QED) is 0.852. The summed E-state index contributed by atoms with van der Waals surface area (Å²) in [5, 5.41) is 6.33. The van der Waals surface area contributed by atoms with Crippen LogP contribution in [0.15, 0.2) is 18.2 Å². The fourth-order valence-corrected chi connectivity index (χ4v) is 2.05. The summed E-state index contributed by atoms with van der Waals surface area (Å²) < 4.78 is 43.4. The zero-order valence-corrected chi connectivity index (χ0v) is 9.97. The molecule has 2 N–H and O–H groups in total. The largest absolute Gasteiger partial charge is 0.496 e. The molecule has 0 bridgehead atoms. The van der Waals surface area contributed by atoms with E-state index in [2.05, 4.69) is 10.6 Å². The first kappa shape index (κ1) is 13.2. The van der Waals surface area contributed by atoms with Crippen molar-refractivity contribution >= 4 is 0 Å². The fourth-order valence-electron chi connectivity index (χ4n) is 2.05. The van der Waals surface area contributed by atoms with Crippen LogP contribution in [-0.2, 0) is 6.18 Å². The van der Waals surface area contributed by atoms with E-state index in [1.165, 1.54) is 13.2 Å². The molecule has 0 aromatic heterocycles. The third-order valence-corrected chi connectivity index (χ3v) is 2.97. The van der Waals surface area contributed by atoms with Gasteiger partial charge in [-0.2, -0.15) is 13.2 Å². The van der Waals surface area contributed by atoms with Crippen LogP contribution in [0.1, 0.15) is 17.2 Å². The van der Waals surface area contributed by atoms with Crippen LogP contribution in [-0.4, -0.2) is 26.7 Å². The number of piperazine rings is 1. The molecule has 18 heavy (non-hydrogen) atoms. The predicted octanol–water partition coefficient (Wildman–Crippen LogP) is 1.95. The molecule has 1 atom stereocenters. The molecule has 1 aliphatic heterocycles. The lowest BCUT2D eigenvalue weighted by Gasteiger charge is -2.25. The van der Waals surface area contributed by atoms with Gasteiger partial charge in [-0.25, -0.2) is 0 Å². The third kappa shape index (κ3) is 2.76. The van der Waals surface area contributed by atoms with Gasteiger partial charge in [0.2, 0.25) is 0 Å². The summed E-state index contributed by atoms with van der Waals surface area (Å²) in [6.07, 6.45) is -4.40. The molecule has 1 heterocycles. The van der Waals surface area contributed by atoms with Crippen molar-refractivity contribution in [2.24, 2.45) is 0 Å². The summed E-state index contributed by atoms with van der Waals surface area (Å²) in [6.45, 7) is 2.21. The second-order valence-corrected chi connectivity index (χ2v) is 4.17. The van der Waals surface area contributed by atoms with Gasteiger partial charge in [-0.1, -0.05) is 6.07 Å². The number of ether oxygens (including phenoxy) is 1. The Morgan fingerprint density at radius 2 is 2.06 bits per heavy atom. The van der Waals surface area contributed by atoms with E-state index in [1.807, 2.05) is 0 Å². The fraction of sp³-hybridized carbons (Fsp3) is 0.500. The molecule has 6 heteroatoms. The molecule has 2 rings (SSSR count). The van der Waals surface area contributed by atoms with E-state index in [-0.39, 0.29) is 11.8 Å². The maximum atomic E-state index is 12.9. The van der Waals surface area contributed by atoms with Gasteiger partial charge in [-0.3, -0.25) is 0 Å². The molecule has 1 aromatic rings. The van der Waals surface area contributed by atoms with Gasteiger partial charge in [0.05, 0.1) is 12.7 Å². The highest BCUT2D eigenvalue weighted by atomic mass is 19.4. The monoisotopic (exact) mass is 260 g/mol. The van der Waals surface area contributed by atoms with E-state index < -0.39 is 11.7 Å². The van der Waals surface area contributed by atoms with E-state index in [0.29, 0.717) is 12.1 Å². The molecule has 1 aromatic carbocycles. The van der Waals surface area contributed by atoms with Gasteiger partial charge < -0.3 is 15.4 Å². The summed E-state index contributed by atoms with van der Waals surface area (Å²) in [5.41, 5.74) is -0.106. The van der Waals surface area contributed by atoms with E-state index in [4.69, 9.17) is 4.74 Å². The molecular formula is C12H15F3N2O. The average Bonchev–Trinajstić information content (AvgIpc) is 2.38. The average molecular weight is 260 g/mol. The standard InChI is InChI=1S/C12H15F3N2O/c1-18-11-3-2-8(6-9(11)12(13,14)15)10-7-16-4-5-17-10/h2-3,6,10,16-17H,4-5,7H2,1H3. The lowest BCUT2D eigenvalue weighted by molar-refractivity contribution is -0.138. The summed E-state index contributed by atoms with van der Waals surface area (Å²) in [7, 11) is 1.24. The van der Waals surface area contributed by atoms with Gasteiger partial charge in [0.25, 0.3) is 0 Å². The highest BCUT2D eigenvalue weighted by Gasteiger charge is 2.35. The maximum Gasteiger partial charge on any atom is 0.419 e. The van der Waals surface area contributed by atoms with Gasteiger partial charge in [-0.05, 0) is 17.7 Å². The SMILES string of the molecule is COc1ccc(C2CNCCN2)cc1C(F)(F)F. The highest BCUT2D eigenvalue weighted by Crippen LogP contribution is 2.37. The minimum Gasteiger partial charge on any atom is -0.496 e. The van der Waals surface area contributed by atoms with Crippen LogP contribution in [0.2, 0.25) is 0 Å². The molecule has 1 saturated heterocycles. The van der Waals surface area contributed by atoms with E-state index in [9.17, 15) is 13.2 Å². The topological polar surface area (TPSA) is 33.3 Å². The molecule has 0 saturated carbocycles. The van der Waals surface area contributed by atoms with Gasteiger partial charge in [0.1, 0.15) is 5.75 Å². The van der Waals surface area contributed by atoms with Crippen LogP contribution in [0, 0.1) is 0 Å². The Bertz CT molecular complexity index is 414.